The van der Waals surface area contributed by atoms with Gasteiger partial charge in [0.25, 0.3) is 0 Å². The standard InChI is InChI=1S/C31H51Cl2N7/c1-11-35-28-39-22(24(33)26(40-28)29(4,5)6)15-31(9,10)27-23(32)21(36-18-38-27)13-12-14-30(7,8)25-20(19(2)3)16-34-17-37-25/h16-19,25-27H,11-15H2,1-10H3,(H,34,37)(H,36,38)(H2,35,39,40). The van der Waals surface area contributed by atoms with Crippen molar-refractivity contribution in [1.82, 2.24) is 21.3 Å². The lowest BCUT2D eigenvalue weighted by Gasteiger charge is -2.41. The van der Waals surface area contributed by atoms with E-state index in [2.05, 4.69) is 99.8 Å². The van der Waals surface area contributed by atoms with Crippen molar-refractivity contribution in [2.75, 3.05) is 6.54 Å². The minimum absolute atomic E-state index is 0.0207. The van der Waals surface area contributed by atoms with Crippen LogP contribution < -0.4 is 21.3 Å². The quantitative estimate of drug-likeness (QED) is 0.220. The highest BCUT2D eigenvalue weighted by molar-refractivity contribution is 6.31. The first kappa shape index (κ1) is 32.5. The van der Waals surface area contributed by atoms with Gasteiger partial charge < -0.3 is 21.3 Å². The second-order valence-corrected chi connectivity index (χ2v) is 14.8. The molecule has 0 bridgehead atoms. The van der Waals surface area contributed by atoms with Gasteiger partial charge in [-0.1, -0.05) is 85.5 Å². The summed E-state index contributed by atoms with van der Waals surface area (Å²) in [7, 11) is 0. The molecule has 7 nitrogen and oxygen atoms in total. The number of aliphatic imine (C=N–C) groups is 3. The number of hydrogen-bond donors (Lipinski definition) is 4. The van der Waals surface area contributed by atoms with Crippen molar-refractivity contribution in [2.45, 2.75) is 113 Å². The van der Waals surface area contributed by atoms with Crippen LogP contribution in [0.2, 0.25) is 0 Å². The average Bonchev–Trinajstić information content (AvgIpc) is 2.86. The highest BCUT2D eigenvalue weighted by Crippen LogP contribution is 2.42. The summed E-state index contributed by atoms with van der Waals surface area (Å²) in [6, 6.07) is 0.0788. The normalized spacial score (nSPS) is 25.1. The van der Waals surface area contributed by atoms with Crippen LogP contribution in [0.5, 0.6) is 0 Å². The van der Waals surface area contributed by atoms with Crippen molar-refractivity contribution >= 4 is 41.8 Å². The minimum Gasteiger partial charge on any atom is -0.368 e. The largest absolute Gasteiger partial charge is 0.368 e. The molecule has 3 atom stereocenters. The van der Waals surface area contributed by atoms with E-state index < -0.39 is 0 Å². The van der Waals surface area contributed by atoms with Crippen LogP contribution in [0.15, 0.2) is 48.2 Å². The van der Waals surface area contributed by atoms with Crippen LogP contribution in [-0.4, -0.2) is 43.3 Å². The molecule has 0 aromatic rings. The third-order valence-corrected chi connectivity index (χ3v) is 9.07. The molecule has 0 aromatic carbocycles. The Morgan fingerprint density at radius 2 is 1.68 bits per heavy atom. The molecule has 3 rings (SSSR count). The van der Waals surface area contributed by atoms with Crippen molar-refractivity contribution in [3.05, 3.63) is 33.2 Å². The van der Waals surface area contributed by atoms with E-state index in [0.717, 1.165) is 46.7 Å². The van der Waals surface area contributed by atoms with E-state index in [9.17, 15) is 0 Å². The van der Waals surface area contributed by atoms with Gasteiger partial charge in [0.05, 0.1) is 46.6 Å². The molecule has 224 valence electrons. The first-order valence-corrected chi connectivity index (χ1v) is 15.5. The third kappa shape index (κ3) is 7.64. The number of allylic oxidation sites excluding steroid dienone is 2. The number of nitrogens with one attached hydrogen (secondary N) is 4. The molecule has 0 spiro atoms. The van der Waals surface area contributed by atoms with Crippen molar-refractivity contribution in [3.8, 4) is 0 Å². The number of halogens is 2. The number of nitrogens with zero attached hydrogens (tertiary/aromatic N) is 3. The Bertz CT molecular complexity index is 1100. The SMILES string of the molecule is CCN=C1NC(CC(C)(C)C2NC=NC(CCCC(C)(C)C3N=CNC=C3C(C)C)=C2Cl)=C(Cl)C(C(C)(C)C)N1. The lowest BCUT2D eigenvalue weighted by molar-refractivity contribution is 0.269. The summed E-state index contributed by atoms with van der Waals surface area (Å²) in [5.74, 6) is 1.22. The molecule has 3 unspecified atom stereocenters. The minimum atomic E-state index is -0.242. The van der Waals surface area contributed by atoms with Crippen LogP contribution in [0, 0.1) is 22.2 Å². The van der Waals surface area contributed by atoms with E-state index in [1.807, 2.05) is 19.6 Å². The molecule has 0 aromatic heterocycles. The van der Waals surface area contributed by atoms with Crippen molar-refractivity contribution in [3.63, 3.8) is 0 Å². The maximum absolute atomic E-state index is 7.09. The smallest absolute Gasteiger partial charge is 0.196 e. The molecule has 4 N–H and O–H groups in total. The summed E-state index contributed by atoms with van der Waals surface area (Å²) in [5, 5.41) is 15.2. The topological polar surface area (TPSA) is 85.2 Å². The molecule has 3 aliphatic rings. The molecule has 3 heterocycles. The first-order chi connectivity index (χ1) is 18.6. The lowest BCUT2D eigenvalue weighted by atomic mass is 9.74. The van der Waals surface area contributed by atoms with E-state index in [4.69, 9.17) is 28.2 Å². The maximum Gasteiger partial charge on any atom is 0.196 e. The molecule has 0 fully saturated rings. The zero-order valence-corrected chi connectivity index (χ0v) is 27.7. The molecular formula is C31H51Cl2N7. The summed E-state index contributed by atoms with van der Waals surface area (Å²) < 4.78 is 0. The Morgan fingerprint density at radius 1 is 0.975 bits per heavy atom. The second-order valence-electron chi connectivity index (χ2n) is 14.0. The fourth-order valence-corrected chi connectivity index (χ4v) is 6.78. The fraction of sp³-hybridized carbons (Fsp3) is 0.710. The van der Waals surface area contributed by atoms with Gasteiger partial charge in [0.15, 0.2) is 5.96 Å². The molecule has 0 amide bonds. The summed E-state index contributed by atoms with van der Waals surface area (Å²) in [6.07, 6.45) is 9.30. The van der Waals surface area contributed by atoms with Gasteiger partial charge in [-0.05, 0) is 60.3 Å². The molecule has 40 heavy (non-hydrogen) atoms. The number of rotatable bonds is 10. The first-order valence-electron chi connectivity index (χ1n) is 14.7. The molecule has 3 aliphatic heterocycles. The monoisotopic (exact) mass is 591 g/mol. The summed E-state index contributed by atoms with van der Waals surface area (Å²) in [6.45, 7) is 22.8. The van der Waals surface area contributed by atoms with Crippen LogP contribution in [0.1, 0.15) is 94.9 Å². The third-order valence-electron chi connectivity index (χ3n) is 8.18. The van der Waals surface area contributed by atoms with Crippen LogP contribution in [0.3, 0.4) is 0 Å². The van der Waals surface area contributed by atoms with Crippen LogP contribution in [-0.2, 0) is 0 Å². The Kier molecular flexibility index (Phi) is 10.5. The maximum atomic E-state index is 7.09. The average molecular weight is 593 g/mol. The second kappa shape index (κ2) is 12.9. The van der Waals surface area contributed by atoms with Gasteiger partial charge in [-0.2, -0.15) is 0 Å². The van der Waals surface area contributed by atoms with Gasteiger partial charge in [-0.3, -0.25) is 9.98 Å². The van der Waals surface area contributed by atoms with Gasteiger partial charge >= 0.3 is 0 Å². The molecule has 0 saturated heterocycles. The van der Waals surface area contributed by atoms with E-state index in [1.165, 1.54) is 5.57 Å². The number of hydrogen-bond acceptors (Lipinski definition) is 5. The summed E-state index contributed by atoms with van der Waals surface area (Å²) >= 11 is 14.1. The Balaban J connectivity index is 1.74. The predicted molar refractivity (Wildman–Crippen MR) is 173 cm³/mol. The Hall–Kier alpha value is -1.99. The van der Waals surface area contributed by atoms with Gasteiger partial charge in [0.2, 0.25) is 0 Å². The van der Waals surface area contributed by atoms with Gasteiger partial charge in [0, 0.05) is 18.4 Å². The summed E-state index contributed by atoms with van der Waals surface area (Å²) in [5.41, 5.74) is 3.03. The van der Waals surface area contributed by atoms with E-state index in [0.29, 0.717) is 18.9 Å². The van der Waals surface area contributed by atoms with Crippen LogP contribution >= 0.6 is 23.2 Å². The van der Waals surface area contributed by atoms with Crippen molar-refractivity contribution in [1.29, 1.82) is 0 Å². The highest BCUT2D eigenvalue weighted by atomic mass is 35.5. The zero-order chi connectivity index (χ0) is 29.9. The van der Waals surface area contributed by atoms with Crippen molar-refractivity contribution in [2.24, 2.45) is 37.1 Å². The van der Waals surface area contributed by atoms with Crippen molar-refractivity contribution < 1.29 is 0 Å². The highest BCUT2D eigenvalue weighted by Gasteiger charge is 2.40. The van der Waals surface area contributed by atoms with Gasteiger partial charge in [-0.15, -0.1) is 0 Å². The molecule has 0 radical (unpaired) electrons. The van der Waals surface area contributed by atoms with Crippen LogP contribution in [0.25, 0.3) is 0 Å². The predicted octanol–water partition coefficient (Wildman–Crippen LogP) is 7.02. The van der Waals surface area contributed by atoms with Crippen LogP contribution in [0.4, 0.5) is 0 Å². The molecule has 0 aliphatic carbocycles. The van der Waals surface area contributed by atoms with Gasteiger partial charge in [0.1, 0.15) is 0 Å². The van der Waals surface area contributed by atoms with E-state index in [1.54, 1.807) is 0 Å². The van der Waals surface area contributed by atoms with Gasteiger partial charge in [-0.25, -0.2) is 4.99 Å². The lowest BCUT2D eigenvalue weighted by Crippen LogP contribution is -2.54. The summed E-state index contributed by atoms with van der Waals surface area (Å²) in [4.78, 5) is 14.1. The van der Waals surface area contributed by atoms with E-state index in [-0.39, 0.29) is 34.4 Å². The zero-order valence-electron chi connectivity index (χ0n) is 26.2. The Labute approximate surface area is 252 Å². The Morgan fingerprint density at radius 3 is 2.30 bits per heavy atom. The van der Waals surface area contributed by atoms with E-state index >= 15 is 0 Å². The fourth-order valence-electron chi connectivity index (χ4n) is 5.78. The molecular weight excluding hydrogens is 541 g/mol. The molecule has 0 saturated carbocycles. The molecule has 9 heteroatoms. The number of guanidine groups is 1.